The third kappa shape index (κ3) is 5.26. The topological polar surface area (TPSA) is 78.3 Å². The van der Waals surface area contributed by atoms with Crippen molar-refractivity contribution in [3.8, 4) is 11.5 Å². The van der Waals surface area contributed by atoms with E-state index < -0.39 is 0 Å². The van der Waals surface area contributed by atoms with Gasteiger partial charge in [-0.25, -0.2) is 0 Å². The van der Waals surface area contributed by atoms with Crippen molar-refractivity contribution >= 4 is 17.7 Å². The largest absolute Gasteiger partial charge is 0.497 e. The number of thioether (sulfide) groups is 1. The van der Waals surface area contributed by atoms with Crippen molar-refractivity contribution in [2.75, 3.05) is 7.11 Å². The number of methoxy groups -OCH3 is 1. The number of rotatable bonds is 10. The highest BCUT2D eigenvalue weighted by Gasteiger charge is 2.27. The Bertz CT molecular complexity index is 787. The fraction of sp³-hybridized carbons (Fsp3) is 0.421. The molecular weight excluding hydrogens is 364 g/mol. The zero-order valence-electron chi connectivity index (χ0n) is 15.6. The third-order valence-corrected chi connectivity index (χ3v) is 5.19. The fourth-order valence-corrected chi connectivity index (χ4v) is 3.29. The molecule has 0 unspecified atom stereocenters. The molecule has 0 saturated heterocycles. The molecule has 8 heteroatoms. The number of hydrogen-bond acceptors (Lipinski definition) is 6. The van der Waals surface area contributed by atoms with Crippen LogP contribution in [-0.2, 0) is 17.9 Å². The Hall–Kier alpha value is -2.48. The van der Waals surface area contributed by atoms with E-state index in [1.54, 1.807) is 13.2 Å². The van der Waals surface area contributed by atoms with Gasteiger partial charge in [0.05, 0.1) is 12.4 Å². The van der Waals surface area contributed by atoms with E-state index in [2.05, 4.69) is 22.1 Å². The Labute approximate surface area is 163 Å². The summed E-state index contributed by atoms with van der Waals surface area (Å²) in [5.74, 6) is 2.21. The van der Waals surface area contributed by atoms with E-state index in [9.17, 15) is 4.79 Å². The van der Waals surface area contributed by atoms with Crippen LogP contribution in [0.4, 0.5) is 0 Å². The number of benzene rings is 1. The van der Waals surface area contributed by atoms with Crippen molar-refractivity contribution in [3.63, 3.8) is 0 Å². The molecule has 1 heterocycles. The van der Waals surface area contributed by atoms with Crippen molar-refractivity contribution < 1.29 is 14.3 Å². The molecule has 1 fully saturated rings. The zero-order valence-corrected chi connectivity index (χ0v) is 16.4. The number of carbonyl (C=O) groups excluding carboxylic acids is 1. The molecule has 1 saturated carbocycles. The molecule has 1 aromatic carbocycles. The molecule has 0 radical (unpaired) electrons. The number of nitrogens with zero attached hydrogens (tertiary/aromatic N) is 3. The molecule has 2 aromatic rings. The van der Waals surface area contributed by atoms with Gasteiger partial charge in [0.2, 0.25) is 5.91 Å². The second-order valence-electron chi connectivity index (χ2n) is 6.31. The van der Waals surface area contributed by atoms with E-state index >= 15 is 0 Å². The summed E-state index contributed by atoms with van der Waals surface area (Å²) >= 11 is 1.39. The van der Waals surface area contributed by atoms with Gasteiger partial charge in [-0.05, 0) is 44.0 Å². The summed E-state index contributed by atoms with van der Waals surface area (Å²) in [6.07, 6.45) is 3.92. The standard InChI is InChI=1S/C19H24N4O3S/c1-4-11-23-17(12-26-16-9-7-15(25-3)8-10-16)21-22-19(23)27-13(2)18(24)20-14-5-6-14/h4,7-10,13-14H,1,5-6,11-12H2,2-3H3,(H,20,24)/t13-/m0/s1. The predicted molar refractivity (Wildman–Crippen MR) is 104 cm³/mol. The molecule has 27 heavy (non-hydrogen) atoms. The summed E-state index contributed by atoms with van der Waals surface area (Å²) < 4.78 is 12.9. The number of ether oxygens (including phenoxy) is 2. The number of nitrogens with one attached hydrogen (secondary N) is 1. The lowest BCUT2D eigenvalue weighted by Gasteiger charge is -2.13. The lowest BCUT2D eigenvalue weighted by Crippen LogP contribution is -2.32. The minimum Gasteiger partial charge on any atom is -0.497 e. The van der Waals surface area contributed by atoms with E-state index in [-0.39, 0.29) is 17.8 Å². The average molecular weight is 388 g/mol. The summed E-state index contributed by atoms with van der Waals surface area (Å²) in [6, 6.07) is 7.70. The van der Waals surface area contributed by atoms with Crippen LogP contribution in [0.5, 0.6) is 11.5 Å². The van der Waals surface area contributed by atoms with E-state index in [1.165, 1.54) is 11.8 Å². The molecule has 0 bridgehead atoms. The summed E-state index contributed by atoms with van der Waals surface area (Å²) in [6.45, 7) is 6.50. The van der Waals surface area contributed by atoms with Crippen molar-refractivity contribution in [2.24, 2.45) is 0 Å². The maximum Gasteiger partial charge on any atom is 0.233 e. The van der Waals surface area contributed by atoms with E-state index in [1.807, 2.05) is 35.8 Å². The first-order chi connectivity index (χ1) is 13.1. The summed E-state index contributed by atoms with van der Waals surface area (Å²) in [5, 5.41) is 11.9. The highest BCUT2D eigenvalue weighted by Crippen LogP contribution is 2.25. The van der Waals surface area contributed by atoms with Gasteiger partial charge in [-0.2, -0.15) is 0 Å². The smallest absolute Gasteiger partial charge is 0.233 e. The molecule has 7 nitrogen and oxygen atoms in total. The van der Waals surface area contributed by atoms with Gasteiger partial charge in [0.15, 0.2) is 11.0 Å². The first-order valence-corrected chi connectivity index (χ1v) is 9.75. The molecule has 0 aliphatic heterocycles. The van der Waals surface area contributed by atoms with Crippen LogP contribution in [0.25, 0.3) is 0 Å². The van der Waals surface area contributed by atoms with Crippen LogP contribution < -0.4 is 14.8 Å². The fourth-order valence-electron chi connectivity index (χ4n) is 2.40. The van der Waals surface area contributed by atoms with E-state index in [0.717, 1.165) is 24.3 Å². The Morgan fingerprint density at radius 3 is 2.70 bits per heavy atom. The Kier molecular flexibility index (Phi) is 6.39. The normalized spacial score (nSPS) is 14.4. The first-order valence-electron chi connectivity index (χ1n) is 8.87. The lowest BCUT2D eigenvalue weighted by atomic mass is 10.3. The van der Waals surface area contributed by atoms with Gasteiger partial charge in [-0.1, -0.05) is 17.8 Å². The van der Waals surface area contributed by atoms with Crippen molar-refractivity contribution in [1.29, 1.82) is 0 Å². The third-order valence-electron chi connectivity index (χ3n) is 4.11. The van der Waals surface area contributed by atoms with Crippen LogP contribution in [-0.4, -0.2) is 39.1 Å². The van der Waals surface area contributed by atoms with Crippen LogP contribution in [0, 0.1) is 0 Å². The first kappa shape index (κ1) is 19.3. The van der Waals surface area contributed by atoms with Crippen LogP contribution in [0.1, 0.15) is 25.6 Å². The highest BCUT2D eigenvalue weighted by molar-refractivity contribution is 8.00. The quantitative estimate of drug-likeness (QED) is 0.498. The number of amides is 1. The molecular formula is C19H24N4O3S. The Morgan fingerprint density at radius 2 is 2.07 bits per heavy atom. The number of aromatic nitrogens is 3. The summed E-state index contributed by atoms with van der Waals surface area (Å²) in [7, 11) is 1.62. The number of carbonyl (C=O) groups is 1. The van der Waals surface area contributed by atoms with Gasteiger partial charge in [0, 0.05) is 12.6 Å². The maximum absolute atomic E-state index is 12.2. The second kappa shape index (κ2) is 8.94. The molecule has 1 amide bonds. The molecule has 1 aliphatic carbocycles. The van der Waals surface area contributed by atoms with Crippen molar-refractivity contribution in [1.82, 2.24) is 20.1 Å². The Balaban J connectivity index is 1.64. The SMILES string of the molecule is C=CCn1c(COc2ccc(OC)cc2)nnc1S[C@@H](C)C(=O)NC1CC1. The summed E-state index contributed by atoms with van der Waals surface area (Å²) in [4.78, 5) is 12.2. The minimum absolute atomic E-state index is 0.0340. The minimum atomic E-state index is -0.242. The van der Waals surface area contributed by atoms with E-state index in [4.69, 9.17) is 9.47 Å². The van der Waals surface area contributed by atoms with Gasteiger partial charge in [0.25, 0.3) is 0 Å². The van der Waals surface area contributed by atoms with Crippen LogP contribution in [0.15, 0.2) is 42.1 Å². The van der Waals surface area contributed by atoms with Crippen molar-refractivity contribution in [3.05, 3.63) is 42.7 Å². The molecule has 1 N–H and O–H groups in total. The molecule has 144 valence electrons. The van der Waals surface area contributed by atoms with Gasteiger partial charge < -0.3 is 14.8 Å². The molecule has 1 aliphatic rings. The number of allylic oxidation sites excluding steroid dienone is 1. The predicted octanol–water partition coefficient (Wildman–Crippen LogP) is 2.81. The van der Waals surface area contributed by atoms with Gasteiger partial charge in [0.1, 0.15) is 18.1 Å². The van der Waals surface area contributed by atoms with Crippen LogP contribution >= 0.6 is 11.8 Å². The van der Waals surface area contributed by atoms with Crippen LogP contribution in [0.2, 0.25) is 0 Å². The summed E-state index contributed by atoms with van der Waals surface area (Å²) in [5.41, 5.74) is 0. The van der Waals surface area contributed by atoms with E-state index in [0.29, 0.717) is 23.6 Å². The van der Waals surface area contributed by atoms with Gasteiger partial charge >= 0.3 is 0 Å². The van der Waals surface area contributed by atoms with Crippen LogP contribution in [0.3, 0.4) is 0 Å². The second-order valence-corrected chi connectivity index (χ2v) is 7.61. The monoisotopic (exact) mass is 388 g/mol. The molecule has 3 rings (SSSR count). The Morgan fingerprint density at radius 1 is 1.37 bits per heavy atom. The molecule has 0 spiro atoms. The van der Waals surface area contributed by atoms with Gasteiger partial charge in [-0.3, -0.25) is 9.36 Å². The molecule has 1 aromatic heterocycles. The van der Waals surface area contributed by atoms with Gasteiger partial charge in [-0.15, -0.1) is 16.8 Å². The van der Waals surface area contributed by atoms with Crippen molar-refractivity contribution in [2.45, 2.75) is 49.4 Å². The maximum atomic E-state index is 12.2. The molecule has 1 atom stereocenters. The highest BCUT2D eigenvalue weighted by atomic mass is 32.2. The lowest BCUT2D eigenvalue weighted by molar-refractivity contribution is -0.120. The zero-order chi connectivity index (χ0) is 19.2. The average Bonchev–Trinajstić information content (AvgIpc) is 3.42. The number of hydrogen-bond donors (Lipinski definition) is 1.